The second-order valence-electron chi connectivity index (χ2n) is 11.3. The molecule has 0 saturated carbocycles. The van der Waals surface area contributed by atoms with Gasteiger partial charge < -0.3 is 24.8 Å². The van der Waals surface area contributed by atoms with E-state index in [1.54, 1.807) is 23.3 Å². The molecule has 0 aliphatic carbocycles. The second-order valence-corrected chi connectivity index (χ2v) is 19.1. The summed E-state index contributed by atoms with van der Waals surface area (Å²) in [6.45, 7) is 13.4. The third-order valence-electron chi connectivity index (χ3n) is 8.31. The van der Waals surface area contributed by atoms with E-state index in [0.717, 1.165) is 19.3 Å². The molecule has 6 aromatic rings. The molecule has 0 radical (unpaired) electrons. The maximum Gasteiger partial charge on any atom is -0.0279 e. The van der Waals surface area contributed by atoms with Gasteiger partial charge in [0.25, 0.3) is 0 Å². The van der Waals surface area contributed by atoms with Gasteiger partial charge in [0.2, 0.25) is 0 Å². The molecular formula is C41H46Cl2SiZr-2. The Labute approximate surface area is 299 Å². The monoisotopic (exact) mass is 726 g/mol. The molecule has 0 heterocycles. The fraction of sp³-hybridized carbons (Fsp3) is 0.268. The first-order valence-corrected chi connectivity index (χ1v) is 21.6. The summed E-state index contributed by atoms with van der Waals surface area (Å²) in [6.07, 6.45) is 3.30. The van der Waals surface area contributed by atoms with E-state index in [1.165, 1.54) is 78.1 Å². The normalized spacial score (nSPS) is 10.2. The number of rotatable bonds is 7. The smallest absolute Gasteiger partial charge is 0.0279 e. The van der Waals surface area contributed by atoms with Crippen LogP contribution in [0, 0.1) is 6.92 Å². The number of hydrogen-bond acceptors (Lipinski definition) is 0. The maximum absolute atomic E-state index is 2.33. The van der Waals surface area contributed by atoms with Crippen molar-refractivity contribution in [2.75, 3.05) is 0 Å². The quantitative estimate of drug-likeness (QED) is 0.140. The SMILES string of the molecule is CC[Si](=[Zr+2])CC.CCc1ccc(-c2cccc3[cH-]c(C)cc23)cc1.CCc1ccc(-c2cccc3[cH-]c(CC)cc23)cc1.[Cl-].[Cl-]. The number of benzene rings is 4. The van der Waals surface area contributed by atoms with Gasteiger partial charge in [-0.05, 0) is 41.5 Å². The van der Waals surface area contributed by atoms with Crippen LogP contribution in [0.1, 0.15) is 56.9 Å². The predicted molar refractivity (Wildman–Crippen MR) is 190 cm³/mol. The largest absolute Gasteiger partial charge is 1.00 e. The van der Waals surface area contributed by atoms with Gasteiger partial charge >= 0.3 is 54.7 Å². The van der Waals surface area contributed by atoms with Crippen LogP contribution in [0.15, 0.2) is 109 Å². The Balaban J connectivity index is 0.000000257. The zero-order valence-corrected chi connectivity index (χ0v) is 32.7. The van der Waals surface area contributed by atoms with Crippen LogP contribution in [0.5, 0.6) is 0 Å². The minimum atomic E-state index is 0. The minimum absolute atomic E-state index is 0. The first-order chi connectivity index (χ1) is 20.9. The number of hydrogen-bond donors (Lipinski definition) is 0. The van der Waals surface area contributed by atoms with Gasteiger partial charge in [-0.3, -0.25) is 0 Å². The molecule has 6 aromatic carbocycles. The fourth-order valence-electron chi connectivity index (χ4n) is 5.48. The predicted octanol–water partition coefficient (Wildman–Crippen LogP) is 6.02. The fourth-order valence-corrected chi connectivity index (χ4v) is 5.98. The zero-order valence-electron chi connectivity index (χ0n) is 27.7. The summed E-state index contributed by atoms with van der Waals surface area (Å²) in [5.74, 6) is 0. The van der Waals surface area contributed by atoms with Crippen molar-refractivity contribution in [1.29, 1.82) is 0 Å². The van der Waals surface area contributed by atoms with Crippen LogP contribution in [0.25, 0.3) is 43.8 Å². The maximum atomic E-state index is 2.33. The molecule has 0 unspecified atom stereocenters. The molecule has 0 saturated heterocycles. The third-order valence-corrected chi connectivity index (χ3v) is 15.2. The first-order valence-electron chi connectivity index (χ1n) is 16.0. The van der Waals surface area contributed by atoms with Crippen LogP contribution in [0.4, 0.5) is 0 Å². The Morgan fingerprint density at radius 1 is 0.556 bits per heavy atom. The summed E-state index contributed by atoms with van der Waals surface area (Å²) >= 11 is 1.80. The molecule has 0 N–H and O–H groups in total. The molecule has 0 aliphatic rings. The van der Waals surface area contributed by atoms with Crippen LogP contribution in [-0.2, 0) is 42.6 Å². The molecule has 0 aliphatic heterocycles. The molecule has 0 atom stereocenters. The van der Waals surface area contributed by atoms with Gasteiger partial charge in [0.05, 0.1) is 0 Å². The molecule has 45 heavy (non-hydrogen) atoms. The summed E-state index contributed by atoms with van der Waals surface area (Å²) in [6, 6.07) is 43.1. The molecule has 0 amide bonds. The third kappa shape index (κ3) is 10.4. The number of halogens is 2. The van der Waals surface area contributed by atoms with Crippen LogP contribution < -0.4 is 24.8 Å². The van der Waals surface area contributed by atoms with E-state index < -0.39 is 0 Å². The second kappa shape index (κ2) is 19.4. The Bertz CT molecular complexity index is 1750. The van der Waals surface area contributed by atoms with Gasteiger partial charge in [0.15, 0.2) is 0 Å². The Kier molecular flexibility index (Phi) is 16.8. The topological polar surface area (TPSA) is 0 Å². The Hall–Kier alpha value is -2.22. The molecule has 234 valence electrons. The van der Waals surface area contributed by atoms with Crippen molar-refractivity contribution in [2.45, 2.75) is 72.9 Å². The molecule has 0 fully saturated rings. The van der Waals surface area contributed by atoms with E-state index in [-0.39, 0.29) is 30.2 Å². The van der Waals surface area contributed by atoms with Crippen molar-refractivity contribution >= 4 is 27.0 Å². The zero-order chi connectivity index (χ0) is 30.8. The molecule has 4 heteroatoms. The van der Waals surface area contributed by atoms with Gasteiger partial charge in [0, 0.05) is 0 Å². The van der Waals surface area contributed by atoms with Crippen LogP contribution >= 0.6 is 0 Å². The average Bonchev–Trinajstić information content (AvgIpc) is 3.67. The van der Waals surface area contributed by atoms with Crippen molar-refractivity contribution in [3.63, 3.8) is 0 Å². The van der Waals surface area contributed by atoms with Crippen molar-refractivity contribution < 1.29 is 48.1 Å². The average molecular weight is 729 g/mol. The molecule has 6 rings (SSSR count). The number of fused-ring (bicyclic) bond motifs is 2. The Morgan fingerprint density at radius 3 is 1.40 bits per heavy atom. The van der Waals surface area contributed by atoms with E-state index >= 15 is 0 Å². The van der Waals surface area contributed by atoms with Crippen LogP contribution in [0.3, 0.4) is 0 Å². The van der Waals surface area contributed by atoms with Crippen LogP contribution in [0.2, 0.25) is 12.1 Å². The van der Waals surface area contributed by atoms with Gasteiger partial charge in [-0.15, -0.1) is 69.1 Å². The van der Waals surface area contributed by atoms with E-state index in [1.807, 2.05) is 0 Å². The van der Waals surface area contributed by atoms with Gasteiger partial charge in [0.1, 0.15) is 0 Å². The summed E-state index contributed by atoms with van der Waals surface area (Å²) in [4.78, 5) is 0. The van der Waals surface area contributed by atoms with Gasteiger partial charge in [-0.2, -0.15) is 12.1 Å². The molecular weight excluding hydrogens is 683 g/mol. The van der Waals surface area contributed by atoms with E-state index in [0.29, 0.717) is 0 Å². The molecule has 0 bridgehead atoms. The number of aryl methyl sites for hydroxylation is 4. The Morgan fingerprint density at radius 2 is 1.00 bits per heavy atom. The van der Waals surface area contributed by atoms with Crippen molar-refractivity contribution in [2.24, 2.45) is 0 Å². The van der Waals surface area contributed by atoms with E-state index in [9.17, 15) is 0 Å². The summed E-state index contributed by atoms with van der Waals surface area (Å²) in [5, 5.41) is 5.43. The first kappa shape index (κ1) is 39.0. The minimum Gasteiger partial charge on any atom is -1.00 e. The van der Waals surface area contributed by atoms with Gasteiger partial charge in [-0.1, -0.05) is 99.5 Å². The summed E-state index contributed by atoms with van der Waals surface area (Å²) < 4.78 is 0. The standard InChI is InChI=1S/C19H19.C18H17.C4H10Si.2ClH.Zr/c1-3-14-8-10-16(11-9-14)18-7-5-6-17-12-15(4-2)13-19(17)18;1-3-14-7-9-15(10-8-14)17-6-4-5-16-11-13(2)12-18(16)17;1-3-5-4-2;;;/h5-13H,3-4H2,1-2H3;4-12H,3H2,1-2H3;3-4H2,1-2H3;2*1H;/q2*-1;;;;+2/p-2. The summed E-state index contributed by atoms with van der Waals surface area (Å²) in [5.41, 5.74) is 11.1. The van der Waals surface area contributed by atoms with Crippen LogP contribution in [-0.4, -0.2) is 5.43 Å². The molecule has 0 nitrogen and oxygen atoms in total. The van der Waals surface area contributed by atoms with E-state index in [2.05, 4.69) is 151 Å². The van der Waals surface area contributed by atoms with Crippen molar-refractivity contribution in [1.82, 2.24) is 0 Å². The molecule has 0 spiro atoms. The molecule has 0 aromatic heterocycles. The van der Waals surface area contributed by atoms with E-state index in [4.69, 9.17) is 0 Å². The summed E-state index contributed by atoms with van der Waals surface area (Å²) in [7, 11) is 0. The van der Waals surface area contributed by atoms with Gasteiger partial charge in [-0.25, -0.2) is 0 Å². The van der Waals surface area contributed by atoms with Crippen molar-refractivity contribution in [3.8, 4) is 22.3 Å². The van der Waals surface area contributed by atoms with Crippen molar-refractivity contribution in [3.05, 3.63) is 131 Å².